The zero-order valence-corrected chi connectivity index (χ0v) is 18.3. The highest BCUT2D eigenvalue weighted by molar-refractivity contribution is 6.36. The van der Waals surface area contributed by atoms with Crippen LogP contribution < -0.4 is 14.2 Å². The zero-order chi connectivity index (χ0) is 23.4. The van der Waals surface area contributed by atoms with Crippen molar-refractivity contribution in [3.05, 3.63) is 64.4 Å². The smallest absolute Gasteiger partial charge is 0.343 e. The summed E-state index contributed by atoms with van der Waals surface area (Å²) >= 11 is 0. The van der Waals surface area contributed by atoms with Gasteiger partial charge >= 0.3 is 5.97 Å². The number of aliphatic imine (C=N–C) groups is 2. The predicted molar refractivity (Wildman–Crippen MR) is 117 cm³/mol. The second-order valence-electron chi connectivity index (χ2n) is 6.61. The number of carbonyl (C=O) groups excluding carboxylic acids is 2. The SMILES string of the molecule is COC(=O)C(C1=NC(=NC(=O)c2cc(OC)c(OC)c(OC)c2)c2ccccc21)=C(C)O. The third kappa shape index (κ3) is 4.04. The number of methoxy groups -OCH3 is 4. The van der Waals surface area contributed by atoms with Crippen LogP contribution in [0.3, 0.4) is 0 Å². The number of nitrogens with zero attached hydrogens (tertiary/aromatic N) is 2. The summed E-state index contributed by atoms with van der Waals surface area (Å²) in [7, 11) is 5.55. The van der Waals surface area contributed by atoms with Crippen LogP contribution in [0, 0.1) is 0 Å². The molecule has 0 aliphatic carbocycles. The van der Waals surface area contributed by atoms with Gasteiger partial charge in [0.25, 0.3) is 5.91 Å². The minimum absolute atomic E-state index is 0.0944. The number of allylic oxidation sites excluding steroid dienone is 1. The van der Waals surface area contributed by atoms with Gasteiger partial charge in [-0.1, -0.05) is 24.3 Å². The van der Waals surface area contributed by atoms with Gasteiger partial charge in [-0.15, -0.1) is 0 Å². The highest BCUT2D eigenvalue weighted by atomic mass is 16.5. The van der Waals surface area contributed by atoms with Gasteiger partial charge in [-0.05, 0) is 19.1 Å². The normalized spacial score (nSPS) is 14.3. The Labute approximate surface area is 184 Å². The Bertz CT molecular complexity index is 1150. The van der Waals surface area contributed by atoms with Crippen LogP contribution in [0.2, 0.25) is 0 Å². The fourth-order valence-corrected chi connectivity index (χ4v) is 3.27. The maximum Gasteiger partial charge on any atom is 0.343 e. The molecule has 2 aromatic rings. The maximum absolute atomic E-state index is 13.0. The number of carbonyl (C=O) groups is 2. The summed E-state index contributed by atoms with van der Waals surface area (Å²) in [6.07, 6.45) is 0. The molecule has 166 valence electrons. The highest BCUT2D eigenvalue weighted by Gasteiger charge is 2.30. The van der Waals surface area contributed by atoms with Crippen molar-refractivity contribution in [3.63, 3.8) is 0 Å². The van der Waals surface area contributed by atoms with Gasteiger partial charge in [-0.2, -0.15) is 4.99 Å². The lowest BCUT2D eigenvalue weighted by molar-refractivity contribution is -0.135. The second-order valence-corrected chi connectivity index (χ2v) is 6.61. The molecule has 32 heavy (non-hydrogen) atoms. The molecule has 9 heteroatoms. The van der Waals surface area contributed by atoms with Gasteiger partial charge in [0.05, 0.1) is 34.2 Å². The Kier molecular flexibility index (Phi) is 6.58. The molecule has 1 N–H and O–H groups in total. The van der Waals surface area contributed by atoms with Crippen LogP contribution in [0.1, 0.15) is 28.4 Å². The number of ether oxygens (including phenoxy) is 4. The van der Waals surface area contributed by atoms with Crippen molar-refractivity contribution in [3.8, 4) is 17.2 Å². The lowest BCUT2D eigenvalue weighted by Gasteiger charge is -2.12. The van der Waals surface area contributed by atoms with Crippen LogP contribution in [-0.2, 0) is 9.53 Å². The summed E-state index contributed by atoms with van der Waals surface area (Å²) in [6, 6.07) is 9.90. The minimum atomic E-state index is -0.754. The van der Waals surface area contributed by atoms with Crippen molar-refractivity contribution < 1.29 is 33.6 Å². The predicted octanol–water partition coefficient (Wildman–Crippen LogP) is 3.11. The second kappa shape index (κ2) is 9.34. The molecular formula is C23H22N2O7. The van der Waals surface area contributed by atoms with E-state index < -0.39 is 11.9 Å². The first kappa shape index (κ1) is 22.5. The maximum atomic E-state index is 13.0. The highest BCUT2D eigenvalue weighted by Crippen LogP contribution is 2.38. The molecule has 2 aromatic carbocycles. The summed E-state index contributed by atoms with van der Waals surface area (Å²) in [5.74, 6) is -0.577. The number of esters is 1. The van der Waals surface area contributed by atoms with Crippen LogP contribution in [0.15, 0.2) is 57.7 Å². The van der Waals surface area contributed by atoms with E-state index in [9.17, 15) is 14.7 Å². The van der Waals surface area contributed by atoms with Gasteiger partial charge in [-0.25, -0.2) is 9.79 Å². The number of hydrogen-bond acceptors (Lipinski definition) is 7. The molecule has 0 fully saturated rings. The first-order valence-corrected chi connectivity index (χ1v) is 9.46. The molecule has 1 aliphatic rings. The van der Waals surface area contributed by atoms with Gasteiger partial charge in [0.15, 0.2) is 17.3 Å². The summed E-state index contributed by atoms with van der Waals surface area (Å²) in [5.41, 5.74) is 1.33. The molecule has 0 saturated carbocycles. The van der Waals surface area contributed by atoms with Crippen molar-refractivity contribution in [2.75, 3.05) is 28.4 Å². The molecular weight excluding hydrogens is 416 g/mol. The van der Waals surface area contributed by atoms with Gasteiger partial charge in [-0.3, -0.25) is 4.79 Å². The molecule has 1 aliphatic heterocycles. The molecule has 0 radical (unpaired) electrons. The minimum Gasteiger partial charge on any atom is -0.512 e. The molecule has 0 spiro atoms. The lowest BCUT2D eigenvalue weighted by atomic mass is 9.99. The topological polar surface area (TPSA) is 116 Å². The first-order chi connectivity index (χ1) is 15.4. The lowest BCUT2D eigenvalue weighted by Crippen LogP contribution is -2.16. The molecule has 0 bridgehead atoms. The van der Waals surface area contributed by atoms with Crippen molar-refractivity contribution in [2.45, 2.75) is 6.92 Å². The number of amidine groups is 1. The number of benzene rings is 2. The summed E-state index contributed by atoms with van der Waals surface area (Å²) in [6.45, 7) is 1.35. The Morgan fingerprint density at radius 2 is 1.53 bits per heavy atom. The first-order valence-electron chi connectivity index (χ1n) is 9.46. The van der Waals surface area contributed by atoms with Gasteiger partial charge < -0.3 is 24.1 Å². The fraction of sp³-hybridized carbons (Fsp3) is 0.217. The average molecular weight is 438 g/mol. The molecule has 1 amide bonds. The molecule has 3 rings (SSSR count). The zero-order valence-electron chi connectivity index (χ0n) is 18.3. The van der Waals surface area contributed by atoms with Gasteiger partial charge in [0.1, 0.15) is 11.3 Å². The fourth-order valence-electron chi connectivity index (χ4n) is 3.27. The molecule has 9 nitrogen and oxygen atoms in total. The van der Waals surface area contributed by atoms with E-state index in [0.717, 1.165) is 0 Å². The van der Waals surface area contributed by atoms with Crippen molar-refractivity contribution in [2.24, 2.45) is 9.98 Å². The third-order valence-electron chi connectivity index (χ3n) is 4.75. The van der Waals surface area contributed by atoms with Crippen molar-refractivity contribution in [1.82, 2.24) is 0 Å². The van der Waals surface area contributed by atoms with E-state index in [1.165, 1.54) is 47.5 Å². The van der Waals surface area contributed by atoms with E-state index in [1.54, 1.807) is 24.3 Å². The van der Waals surface area contributed by atoms with E-state index >= 15 is 0 Å². The summed E-state index contributed by atoms with van der Waals surface area (Å²) in [5, 5.41) is 10.1. The van der Waals surface area contributed by atoms with Crippen LogP contribution in [0.4, 0.5) is 0 Å². The molecule has 0 saturated heterocycles. The largest absolute Gasteiger partial charge is 0.512 e. The number of aliphatic hydroxyl groups is 1. The van der Waals surface area contributed by atoms with E-state index in [2.05, 4.69) is 9.98 Å². The van der Waals surface area contributed by atoms with E-state index in [0.29, 0.717) is 28.4 Å². The van der Waals surface area contributed by atoms with Crippen LogP contribution in [0.5, 0.6) is 17.2 Å². The number of fused-ring (bicyclic) bond motifs is 1. The van der Waals surface area contributed by atoms with Gasteiger partial charge in [0.2, 0.25) is 5.75 Å². The average Bonchev–Trinajstić information content (AvgIpc) is 3.15. The van der Waals surface area contributed by atoms with Crippen LogP contribution in [-0.4, -0.2) is 57.0 Å². The molecule has 0 unspecified atom stereocenters. The van der Waals surface area contributed by atoms with E-state index in [-0.39, 0.29) is 28.4 Å². The quantitative estimate of drug-likeness (QED) is 0.418. The van der Waals surface area contributed by atoms with Crippen molar-refractivity contribution >= 4 is 23.4 Å². The number of rotatable bonds is 6. The van der Waals surface area contributed by atoms with Gasteiger partial charge in [0, 0.05) is 16.7 Å². The Balaban J connectivity index is 2.13. The molecule has 1 heterocycles. The number of amides is 1. The monoisotopic (exact) mass is 438 g/mol. The Hall–Kier alpha value is -4.14. The standard InChI is InChI=1S/C23H22N2O7/c1-12(26)18(23(28)32-5)19-14-8-6-7-9-15(14)21(24-19)25-22(27)13-10-16(29-2)20(31-4)17(11-13)30-3/h6-11,26H,1-5H3. The Morgan fingerprint density at radius 1 is 0.938 bits per heavy atom. The number of aliphatic hydroxyl groups excluding tert-OH is 1. The van der Waals surface area contributed by atoms with Crippen LogP contribution in [0.25, 0.3) is 0 Å². The van der Waals surface area contributed by atoms with E-state index in [1.807, 2.05) is 0 Å². The van der Waals surface area contributed by atoms with E-state index in [4.69, 9.17) is 18.9 Å². The Morgan fingerprint density at radius 3 is 2.03 bits per heavy atom. The summed E-state index contributed by atoms with van der Waals surface area (Å²) in [4.78, 5) is 33.7. The van der Waals surface area contributed by atoms with Crippen molar-refractivity contribution in [1.29, 1.82) is 0 Å². The number of hydrogen-bond donors (Lipinski definition) is 1. The summed E-state index contributed by atoms with van der Waals surface area (Å²) < 4.78 is 20.6. The molecule has 0 atom stereocenters. The van der Waals surface area contributed by atoms with Crippen LogP contribution >= 0.6 is 0 Å². The molecule has 0 aromatic heterocycles. The third-order valence-corrected chi connectivity index (χ3v) is 4.75.